The molecule has 5 aliphatic rings. The number of carbonyl (C=O) groups is 3. The highest BCUT2D eigenvalue weighted by Crippen LogP contribution is 2.30. The smallest absolute Gasteiger partial charge is 0.320 e. The van der Waals surface area contributed by atoms with E-state index in [0.717, 1.165) is 0 Å². The molecule has 3 aromatic rings. The van der Waals surface area contributed by atoms with Gasteiger partial charge < -0.3 is 115 Å². The van der Waals surface area contributed by atoms with E-state index < -0.39 is 179 Å². The van der Waals surface area contributed by atoms with E-state index in [-0.39, 0.29) is 45.9 Å². The first-order valence-corrected chi connectivity index (χ1v) is 35.9. The van der Waals surface area contributed by atoms with Crippen molar-refractivity contribution in [1.82, 2.24) is 56.1 Å². The molecule has 0 aliphatic carbocycles. The number of H-pyrrole nitrogens is 2. The van der Waals surface area contributed by atoms with Crippen molar-refractivity contribution < 1.29 is 128 Å². The van der Waals surface area contributed by atoms with Crippen LogP contribution in [-0.2, 0) is 91.5 Å². The van der Waals surface area contributed by atoms with Gasteiger partial charge in [0.25, 0.3) is 0 Å². The number of amides is 2. The van der Waals surface area contributed by atoms with E-state index in [1.165, 1.54) is 13.8 Å². The average Bonchev–Trinajstić information content (AvgIpc) is 1.21. The van der Waals surface area contributed by atoms with Crippen LogP contribution in [0.15, 0.2) is 33.8 Å². The van der Waals surface area contributed by atoms with Crippen LogP contribution in [-0.4, -0.2) is 324 Å². The number of nitrogens with one attached hydrogen (secondary N) is 4. The number of unbranched alkanes of at least 4 members (excludes halogenated alkanes) is 5. The van der Waals surface area contributed by atoms with Crippen LogP contribution in [0.5, 0.6) is 0 Å². The zero-order valence-electron chi connectivity index (χ0n) is 59.4. The van der Waals surface area contributed by atoms with Gasteiger partial charge in [-0.1, -0.05) is 35.9 Å². The number of aromatic amines is 2. The molecule has 0 aromatic carbocycles. The Kier molecular flexibility index (Phi) is 33.9. The van der Waals surface area contributed by atoms with Crippen LogP contribution in [0.1, 0.15) is 122 Å². The van der Waals surface area contributed by atoms with Crippen molar-refractivity contribution in [3.05, 3.63) is 35.7 Å². The first-order valence-electron chi connectivity index (χ1n) is 35.9. The minimum Gasteiger partial charge on any atom is -0.480 e. The van der Waals surface area contributed by atoms with E-state index in [0.29, 0.717) is 133 Å². The highest BCUT2D eigenvalue weighted by Gasteiger charge is 2.48. The van der Waals surface area contributed by atoms with E-state index in [1.807, 2.05) is 17.1 Å². The van der Waals surface area contributed by atoms with E-state index >= 15 is 0 Å². The first kappa shape index (κ1) is 83.9. The molecule has 3 aromatic heterocycles. The monoisotopic (exact) mass is 1490 g/mol. The van der Waals surface area contributed by atoms with Gasteiger partial charge in [0.1, 0.15) is 92.3 Å². The first-order chi connectivity index (χ1) is 50.0. The molecule has 22 atom stereocenters. The Morgan fingerprint density at radius 1 is 0.567 bits per heavy atom. The molecule has 5 aliphatic heterocycles. The van der Waals surface area contributed by atoms with E-state index in [1.54, 1.807) is 34.3 Å². The molecule has 8 heterocycles. The largest absolute Gasteiger partial charge is 0.480 e. The molecule has 0 saturated carbocycles. The number of carboxylic acid groups (broad SMARTS) is 1. The van der Waals surface area contributed by atoms with Crippen LogP contribution >= 0.6 is 0 Å². The lowest BCUT2D eigenvalue weighted by Gasteiger charge is -2.42. The summed E-state index contributed by atoms with van der Waals surface area (Å²) < 4.78 is 51.7. The summed E-state index contributed by atoms with van der Waals surface area (Å²) in [7, 11) is 0. The minimum atomic E-state index is -1.46. The fourth-order valence-electron chi connectivity index (χ4n) is 13.1. The van der Waals surface area contributed by atoms with Gasteiger partial charge in [-0.2, -0.15) is 14.5 Å². The standard InChI is InChI=1S/C64H108N16O24/c1-36-52(87)54(89)44(32-81)101-61(36)97-21-11-6-16-48-67-49(72-71-48)31-77(27-42-30-80(75-70-42)20-10-14-24-100-64-51(66-39(4)86)59(94)57(92)47(35-84)104-64)43(60(95)96)15-5-7-17-76(25-40-28-78(73-68-40)18-8-12-22-98-62-37(2)53(88)55(90)45(33-82)102-62)26-41-29-79(74-69-41)19-9-13-23-99-63-50(65-38(3)85)58(93)56(91)46(34-83)103-63/h28-30,36-37,43-48,50-59,61-64,81-84,87-94H,5-27,31-35H2,1-4H3,(H3,65,66,85,86,95,96)/p+2/t36-,37-,43?,44-,45-,46-,47-,48?,50-,51-,52-,53-,54+,55+,56+,57+,58-,59-,61-,62-,63-,64-/m1/s1. The lowest BCUT2D eigenvalue weighted by molar-refractivity contribution is -0.754. The van der Waals surface area contributed by atoms with Crippen LogP contribution < -0.4 is 20.0 Å². The molecular weight excluding hydrogens is 1380 g/mol. The van der Waals surface area contributed by atoms with Gasteiger partial charge in [-0.05, 0) is 77.2 Å². The van der Waals surface area contributed by atoms with Crippen molar-refractivity contribution in [2.75, 3.05) is 65.9 Å². The summed E-state index contributed by atoms with van der Waals surface area (Å²) >= 11 is 0. The fraction of sp³-hybridized carbons (Fsp3) is 0.844. The summed E-state index contributed by atoms with van der Waals surface area (Å²) in [4.78, 5) is 46.1. The number of aliphatic hydroxyl groups excluding tert-OH is 12. The number of ether oxygens (including phenoxy) is 8. The van der Waals surface area contributed by atoms with Crippen LogP contribution in [0, 0.1) is 11.8 Å². The van der Waals surface area contributed by atoms with Crippen molar-refractivity contribution in [2.24, 2.45) is 27.1 Å². The Morgan fingerprint density at radius 2 is 1.02 bits per heavy atom. The third kappa shape index (κ3) is 24.4. The van der Waals surface area contributed by atoms with Gasteiger partial charge in [0, 0.05) is 81.6 Å². The van der Waals surface area contributed by atoms with Crippen molar-refractivity contribution in [3.63, 3.8) is 0 Å². The molecule has 2 unspecified atom stereocenters. The molecule has 588 valence electrons. The maximum Gasteiger partial charge on any atom is 0.320 e. The topological polar surface area (TPSA) is 551 Å². The summed E-state index contributed by atoms with van der Waals surface area (Å²) in [6.07, 6.45) is -7.39. The summed E-state index contributed by atoms with van der Waals surface area (Å²) in [5.74, 6) is -2.76. The second-order valence-corrected chi connectivity index (χ2v) is 27.3. The molecule has 0 radical (unpaired) electrons. The molecule has 4 fully saturated rings. The number of amidine groups is 1. The summed E-state index contributed by atoms with van der Waals surface area (Å²) in [6, 6.07) is -3.20. The number of aryl methyl sites for hydroxylation is 3. The number of rotatable bonds is 45. The van der Waals surface area contributed by atoms with Crippen LogP contribution in [0.4, 0.5) is 0 Å². The highest BCUT2D eigenvalue weighted by molar-refractivity contribution is 5.86. The van der Waals surface area contributed by atoms with E-state index in [9.17, 15) is 80.8 Å². The highest BCUT2D eigenvalue weighted by atomic mass is 16.7. The Morgan fingerprint density at radius 3 is 1.51 bits per heavy atom. The number of aromatic nitrogens is 9. The number of carboxylic acids is 1. The van der Waals surface area contributed by atoms with Gasteiger partial charge >= 0.3 is 5.97 Å². The van der Waals surface area contributed by atoms with Gasteiger partial charge in [-0.3, -0.25) is 28.9 Å². The van der Waals surface area contributed by atoms with Crippen molar-refractivity contribution in [1.29, 1.82) is 0 Å². The zero-order chi connectivity index (χ0) is 75.0. The average molecular weight is 1490 g/mol. The van der Waals surface area contributed by atoms with Gasteiger partial charge in [0.2, 0.25) is 23.2 Å². The molecule has 0 spiro atoms. The van der Waals surface area contributed by atoms with Crippen molar-refractivity contribution >= 4 is 23.6 Å². The maximum atomic E-state index is 13.5. The molecular formula is C64H110N16O24+2. The lowest BCUT2D eigenvalue weighted by atomic mass is 9.92. The van der Waals surface area contributed by atoms with Gasteiger partial charge in [-0.25, -0.2) is 4.99 Å². The number of hydrogen-bond donors (Lipinski definition) is 17. The summed E-state index contributed by atoms with van der Waals surface area (Å²) in [5.41, 5.74) is 1.88. The molecule has 17 N–H and O–H groups in total. The minimum absolute atomic E-state index is 0.0104. The molecule has 40 heteroatoms. The number of aliphatic hydroxyl groups is 12. The summed E-state index contributed by atoms with van der Waals surface area (Å²) in [6.45, 7) is 7.32. The fourth-order valence-corrected chi connectivity index (χ4v) is 13.1. The van der Waals surface area contributed by atoms with Gasteiger partial charge in [-0.15, -0.1) is 10.2 Å². The van der Waals surface area contributed by atoms with Crippen LogP contribution in [0.2, 0.25) is 0 Å². The number of aliphatic carboxylic acids is 1. The van der Waals surface area contributed by atoms with Crippen LogP contribution in [0.3, 0.4) is 0 Å². The lowest BCUT2D eigenvalue weighted by Crippen LogP contribution is -2.64. The molecule has 0 bridgehead atoms. The quantitative estimate of drug-likeness (QED) is 0.0185. The van der Waals surface area contributed by atoms with Crippen molar-refractivity contribution in [2.45, 2.75) is 267 Å². The van der Waals surface area contributed by atoms with Gasteiger partial charge in [0.15, 0.2) is 49.6 Å². The van der Waals surface area contributed by atoms with Crippen LogP contribution in [0.25, 0.3) is 0 Å². The Labute approximate surface area is 601 Å². The molecule has 40 nitrogen and oxygen atoms in total. The number of aliphatic imine (C=N–C) groups is 1. The predicted octanol–water partition coefficient (Wildman–Crippen LogP) is -5.77. The third-order valence-corrected chi connectivity index (χ3v) is 19.1. The Bertz CT molecular complexity index is 3100. The number of azo groups is 1. The second kappa shape index (κ2) is 42.1. The Hall–Kier alpha value is -5.78. The zero-order valence-corrected chi connectivity index (χ0v) is 59.4. The SMILES string of the molecule is CC(=O)N[C@H]1[C@H](OCCCC[n+]2cc(CN(CCCCC(C(=O)O)N(CC3=NC(CCCCO[C@@H]4O[C@H](CO)[C@H](O)[C@H](O)[C@H]4C)N=N3)Cc3c[n+](CCCCO[C@@H]4O[C@H](CO)[C@H](O)[C@H](O)[C@H]4NC(C)=O)[nH]n3)Cc3cn(CCCCO[C@@H]4O[C@H](CO)[C@H](O)[C@H](O)[C@H]4C)nn3)n[nH]2)O[C@H](CO)[C@H](O)[C@@H]1O. The molecule has 8 rings (SSSR count). The van der Waals surface area contributed by atoms with Gasteiger partial charge in [0.05, 0.1) is 64.0 Å². The second-order valence-electron chi connectivity index (χ2n) is 27.3. The normalized spacial score (nSPS) is 31.2. The predicted molar refractivity (Wildman–Crippen MR) is 353 cm³/mol. The van der Waals surface area contributed by atoms with E-state index in [4.69, 9.17) is 42.9 Å². The van der Waals surface area contributed by atoms with Crippen molar-refractivity contribution in [3.8, 4) is 0 Å². The number of nitrogens with zero attached hydrogens (tertiary/aromatic N) is 12. The maximum absolute atomic E-state index is 13.5. The molecule has 104 heavy (non-hydrogen) atoms. The van der Waals surface area contributed by atoms with E-state index in [2.05, 4.69) is 56.7 Å². The number of hydrogen-bond acceptors (Lipinski definition) is 32. The molecule has 2 amide bonds. The summed E-state index contributed by atoms with van der Waals surface area (Å²) in [5, 5.41) is 171. The molecule has 4 saturated heterocycles. The number of carbonyl (C=O) groups excluding carboxylic acids is 2. The third-order valence-electron chi connectivity index (χ3n) is 19.1. The Balaban J connectivity index is 0.896.